The summed E-state index contributed by atoms with van der Waals surface area (Å²) in [6.07, 6.45) is 0.172. The molecule has 2 aromatic rings. The van der Waals surface area contributed by atoms with Crippen molar-refractivity contribution in [3.05, 3.63) is 65.7 Å². The summed E-state index contributed by atoms with van der Waals surface area (Å²) in [5.74, 6) is 0.758. The van der Waals surface area contributed by atoms with E-state index in [1.54, 1.807) is 0 Å². The van der Waals surface area contributed by atoms with Crippen LogP contribution in [-0.4, -0.2) is 5.11 Å². The van der Waals surface area contributed by atoms with Crippen molar-refractivity contribution in [3.63, 3.8) is 0 Å². The summed E-state index contributed by atoms with van der Waals surface area (Å²) in [6, 6.07) is 17.8. The maximum atomic E-state index is 10.0. The summed E-state index contributed by atoms with van der Waals surface area (Å²) in [4.78, 5) is 0. The normalized spacial score (nSPS) is 13.8. The molecule has 0 aromatic heterocycles. The highest BCUT2D eigenvalue weighted by Gasteiger charge is 2.14. The molecule has 0 bridgehead atoms. The van der Waals surface area contributed by atoms with Gasteiger partial charge in [0.05, 0.1) is 6.10 Å². The van der Waals surface area contributed by atoms with E-state index in [1.165, 1.54) is 0 Å². The van der Waals surface area contributed by atoms with Gasteiger partial charge in [-0.05, 0) is 25.0 Å². The lowest BCUT2D eigenvalue weighted by Crippen LogP contribution is -2.06. The van der Waals surface area contributed by atoms with Crippen molar-refractivity contribution in [2.24, 2.45) is 0 Å². The summed E-state index contributed by atoms with van der Waals surface area (Å²) in [5, 5.41) is 10.0. The first-order valence-electron chi connectivity index (χ1n) is 6.71. The first kappa shape index (κ1) is 13.6. The van der Waals surface area contributed by atoms with Crippen LogP contribution in [0.5, 0.6) is 5.75 Å². The Bertz CT molecular complexity index is 508. The van der Waals surface area contributed by atoms with Crippen LogP contribution >= 0.6 is 0 Å². The summed E-state index contributed by atoms with van der Waals surface area (Å²) in [7, 11) is 0. The van der Waals surface area contributed by atoms with Crippen LogP contribution in [0.15, 0.2) is 54.6 Å². The molecule has 2 aromatic carbocycles. The van der Waals surface area contributed by atoms with Gasteiger partial charge in [-0.1, -0.05) is 55.5 Å². The molecule has 0 saturated carbocycles. The number of benzene rings is 2. The Kier molecular flexibility index (Phi) is 4.58. The van der Waals surface area contributed by atoms with Gasteiger partial charge in [0.25, 0.3) is 0 Å². The minimum atomic E-state index is -0.473. The van der Waals surface area contributed by atoms with Crippen LogP contribution in [0.1, 0.15) is 43.6 Å². The molecule has 0 saturated heterocycles. The van der Waals surface area contributed by atoms with E-state index in [9.17, 15) is 5.11 Å². The van der Waals surface area contributed by atoms with Crippen LogP contribution in [0.4, 0.5) is 0 Å². The lowest BCUT2D eigenvalue weighted by atomic mass is 10.1. The molecule has 100 valence electrons. The Morgan fingerprint density at radius 3 is 2.32 bits per heavy atom. The third-order valence-electron chi connectivity index (χ3n) is 3.24. The summed E-state index contributed by atoms with van der Waals surface area (Å²) >= 11 is 0. The number of hydrogen-bond donors (Lipinski definition) is 1. The van der Waals surface area contributed by atoms with Crippen LogP contribution in [0.3, 0.4) is 0 Å². The molecule has 19 heavy (non-hydrogen) atoms. The Balaban J connectivity index is 2.19. The standard InChI is InChI=1S/C17H20O2/c1-3-16(18)15-11-7-8-12-17(15)19-13(2)14-9-5-4-6-10-14/h4-13,16,18H,3H2,1-2H3/t13?,16-/m1/s1. The molecule has 0 aliphatic rings. The molecule has 2 heteroatoms. The van der Waals surface area contributed by atoms with Crippen LogP contribution in [0.2, 0.25) is 0 Å². The largest absolute Gasteiger partial charge is 0.486 e. The molecule has 0 heterocycles. The molecular weight excluding hydrogens is 236 g/mol. The van der Waals surface area contributed by atoms with E-state index >= 15 is 0 Å². The van der Waals surface area contributed by atoms with Crippen LogP contribution in [-0.2, 0) is 0 Å². The van der Waals surface area contributed by atoms with Gasteiger partial charge >= 0.3 is 0 Å². The van der Waals surface area contributed by atoms with E-state index in [1.807, 2.05) is 68.4 Å². The van der Waals surface area contributed by atoms with Gasteiger partial charge in [-0.25, -0.2) is 0 Å². The Morgan fingerprint density at radius 1 is 1.00 bits per heavy atom. The number of para-hydroxylation sites is 1. The first-order valence-corrected chi connectivity index (χ1v) is 6.71. The number of aliphatic hydroxyl groups is 1. The third kappa shape index (κ3) is 3.36. The maximum absolute atomic E-state index is 10.0. The molecule has 0 radical (unpaired) electrons. The minimum absolute atomic E-state index is 0.0357. The average molecular weight is 256 g/mol. The zero-order chi connectivity index (χ0) is 13.7. The zero-order valence-corrected chi connectivity index (χ0v) is 11.4. The monoisotopic (exact) mass is 256 g/mol. The molecule has 0 spiro atoms. The van der Waals surface area contributed by atoms with Crippen molar-refractivity contribution in [1.82, 2.24) is 0 Å². The molecule has 2 atom stereocenters. The second-order valence-corrected chi connectivity index (χ2v) is 4.63. The van der Waals surface area contributed by atoms with Gasteiger partial charge in [-0.15, -0.1) is 0 Å². The number of ether oxygens (including phenoxy) is 1. The van der Waals surface area contributed by atoms with Crippen molar-refractivity contribution >= 4 is 0 Å². The molecule has 2 rings (SSSR count). The molecule has 0 fully saturated rings. The fourth-order valence-corrected chi connectivity index (χ4v) is 2.07. The first-order chi connectivity index (χ1) is 9.22. The minimum Gasteiger partial charge on any atom is -0.486 e. The van der Waals surface area contributed by atoms with E-state index in [0.29, 0.717) is 6.42 Å². The predicted molar refractivity (Wildman–Crippen MR) is 77.2 cm³/mol. The zero-order valence-electron chi connectivity index (χ0n) is 11.4. The Hall–Kier alpha value is -1.80. The summed E-state index contributed by atoms with van der Waals surface area (Å²) in [5.41, 5.74) is 1.98. The fraction of sp³-hybridized carbons (Fsp3) is 0.294. The maximum Gasteiger partial charge on any atom is 0.126 e. The van der Waals surface area contributed by atoms with Crippen LogP contribution in [0.25, 0.3) is 0 Å². The lowest BCUT2D eigenvalue weighted by Gasteiger charge is -2.19. The van der Waals surface area contributed by atoms with Crippen molar-refractivity contribution in [3.8, 4) is 5.75 Å². The second-order valence-electron chi connectivity index (χ2n) is 4.63. The lowest BCUT2D eigenvalue weighted by molar-refractivity contribution is 0.159. The highest BCUT2D eigenvalue weighted by Crippen LogP contribution is 2.30. The number of aliphatic hydroxyl groups excluding tert-OH is 1. The van der Waals surface area contributed by atoms with Crippen LogP contribution < -0.4 is 4.74 Å². The van der Waals surface area contributed by atoms with E-state index in [4.69, 9.17) is 4.74 Å². The van der Waals surface area contributed by atoms with Gasteiger partial charge in [-0.2, -0.15) is 0 Å². The van der Waals surface area contributed by atoms with Gasteiger partial charge in [0, 0.05) is 5.56 Å². The predicted octanol–water partition coefficient (Wildman–Crippen LogP) is 4.27. The average Bonchev–Trinajstić information content (AvgIpc) is 2.48. The smallest absolute Gasteiger partial charge is 0.126 e. The third-order valence-corrected chi connectivity index (χ3v) is 3.24. The van der Waals surface area contributed by atoms with Gasteiger partial charge in [-0.3, -0.25) is 0 Å². The topological polar surface area (TPSA) is 29.5 Å². The van der Waals surface area contributed by atoms with E-state index in [2.05, 4.69) is 0 Å². The van der Waals surface area contributed by atoms with E-state index in [0.717, 1.165) is 16.9 Å². The number of hydrogen-bond acceptors (Lipinski definition) is 2. The molecular formula is C17H20O2. The highest BCUT2D eigenvalue weighted by molar-refractivity contribution is 5.35. The van der Waals surface area contributed by atoms with Crippen molar-refractivity contribution < 1.29 is 9.84 Å². The van der Waals surface area contributed by atoms with Gasteiger partial charge in [0.1, 0.15) is 11.9 Å². The summed E-state index contributed by atoms with van der Waals surface area (Å²) in [6.45, 7) is 3.98. The SMILES string of the molecule is CC[C@@H](O)c1ccccc1OC(C)c1ccccc1. The highest BCUT2D eigenvalue weighted by atomic mass is 16.5. The van der Waals surface area contributed by atoms with Crippen molar-refractivity contribution in [1.29, 1.82) is 0 Å². The van der Waals surface area contributed by atoms with Crippen LogP contribution in [0, 0.1) is 0 Å². The quantitative estimate of drug-likeness (QED) is 0.865. The molecule has 0 aliphatic heterocycles. The van der Waals surface area contributed by atoms with E-state index < -0.39 is 6.10 Å². The molecule has 1 unspecified atom stereocenters. The van der Waals surface area contributed by atoms with E-state index in [-0.39, 0.29) is 6.10 Å². The second kappa shape index (κ2) is 6.39. The molecule has 2 nitrogen and oxygen atoms in total. The molecule has 0 aliphatic carbocycles. The fourth-order valence-electron chi connectivity index (χ4n) is 2.07. The van der Waals surface area contributed by atoms with Gasteiger partial charge < -0.3 is 9.84 Å². The Labute approximate surface area is 114 Å². The van der Waals surface area contributed by atoms with Crippen molar-refractivity contribution in [2.75, 3.05) is 0 Å². The molecule has 1 N–H and O–H groups in total. The van der Waals surface area contributed by atoms with Crippen molar-refractivity contribution in [2.45, 2.75) is 32.5 Å². The van der Waals surface area contributed by atoms with Gasteiger partial charge in [0.15, 0.2) is 0 Å². The van der Waals surface area contributed by atoms with Gasteiger partial charge in [0.2, 0.25) is 0 Å². The number of rotatable bonds is 5. The molecule has 0 amide bonds. The summed E-state index contributed by atoms with van der Waals surface area (Å²) < 4.78 is 5.99. The Morgan fingerprint density at radius 2 is 1.63 bits per heavy atom.